The van der Waals surface area contributed by atoms with Gasteiger partial charge in [0.15, 0.2) is 11.6 Å². The first-order chi connectivity index (χ1) is 11.5. The van der Waals surface area contributed by atoms with Gasteiger partial charge in [0.2, 0.25) is 0 Å². The van der Waals surface area contributed by atoms with Crippen LogP contribution < -0.4 is 0 Å². The van der Waals surface area contributed by atoms with E-state index in [2.05, 4.69) is 6.92 Å². The zero-order chi connectivity index (χ0) is 16.9. The molecule has 3 fully saturated rings. The molecular formula is C21H30O3. The normalized spacial score (nSPS) is 44.3. The predicted molar refractivity (Wildman–Crippen MR) is 92.5 cm³/mol. The first kappa shape index (κ1) is 16.5. The average molecular weight is 330 g/mol. The number of Topliss-reactive ketones (excluding diaryl/α,β-unsaturated/α-hetero) is 1. The SMILES string of the molecule is COCC(=O)C1CC[C@@H]2C1CC[C@H]1[C@H]2CCC2=CC(=O)CC[C@@]21C. The van der Waals surface area contributed by atoms with Crippen LogP contribution in [0.2, 0.25) is 0 Å². The van der Waals surface area contributed by atoms with E-state index in [1.165, 1.54) is 31.3 Å². The number of methoxy groups -OCH3 is 1. The fraction of sp³-hybridized carbons (Fsp3) is 0.810. The summed E-state index contributed by atoms with van der Waals surface area (Å²) in [4.78, 5) is 24.3. The monoisotopic (exact) mass is 330 g/mol. The number of hydrogen-bond acceptors (Lipinski definition) is 3. The van der Waals surface area contributed by atoms with Crippen molar-refractivity contribution in [3.8, 4) is 0 Å². The summed E-state index contributed by atoms with van der Waals surface area (Å²) in [5, 5.41) is 0. The lowest BCUT2D eigenvalue weighted by atomic mass is 9.49. The van der Waals surface area contributed by atoms with Crippen LogP contribution in [0.25, 0.3) is 0 Å². The number of hydrogen-bond donors (Lipinski definition) is 0. The van der Waals surface area contributed by atoms with Crippen LogP contribution >= 0.6 is 0 Å². The Hall–Kier alpha value is -0.960. The maximum atomic E-state index is 12.4. The Morgan fingerprint density at radius 3 is 2.71 bits per heavy atom. The van der Waals surface area contributed by atoms with E-state index in [0.29, 0.717) is 17.5 Å². The van der Waals surface area contributed by atoms with Crippen molar-refractivity contribution in [1.82, 2.24) is 0 Å². The zero-order valence-electron chi connectivity index (χ0n) is 15.1. The molecule has 0 spiro atoms. The van der Waals surface area contributed by atoms with Crippen molar-refractivity contribution in [3.05, 3.63) is 11.6 Å². The van der Waals surface area contributed by atoms with Crippen molar-refractivity contribution < 1.29 is 14.3 Å². The third-order valence-electron chi connectivity index (χ3n) is 7.98. The van der Waals surface area contributed by atoms with Gasteiger partial charge in [-0.2, -0.15) is 0 Å². The standard InChI is InChI=1S/C21H30O3/c1-21-10-9-14(22)11-13(21)3-4-17-15-5-6-18(20(23)12-24-2)16(15)7-8-19(17)21/h11,15-19H,3-10,12H2,1-2H3/t15-,16?,17+,18?,19+,21+/m1/s1. The molecule has 2 unspecified atom stereocenters. The quantitative estimate of drug-likeness (QED) is 0.786. The van der Waals surface area contributed by atoms with Gasteiger partial charge in [-0.05, 0) is 80.1 Å². The highest BCUT2D eigenvalue weighted by Gasteiger charge is 2.55. The molecule has 0 heterocycles. The minimum absolute atomic E-state index is 0.244. The van der Waals surface area contributed by atoms with Gasteiger partial charge in [-0.1, -0.05) is 12.5 Å². The van der Waals surface area contributed by atoms with E-state index in [9.17, 15) is 9.59 Å². The summed E-state index contributed by atoms with van der Waals surface area (Å²) < 4.78 is 5.11. The molecule has 6 atom stereocenters. The molecule has 0 saturated heterocycles. The zero-order valence-corrected chi connectivity index (χ0v) is 15.1. The summed E-state index contributed by atoms with van der Waals surface area (Å²) >= 11 is 0. The summed E-state index contributed by atoms with van der Waals surface area (Å²) in [5.74, 6) is 3.71. The van der Waals surface area contributed by atoms with Crippen LogP contribution in [-0.2, 0) is 14.3 Å². The maximum absolute atomic E-state index is 12.4. The smallest absolute Gasteiger partial charge is 0.161 e. The summed E-state index contributed by atoms with van der Waals surface area (Å²) in [7, 11) is 1.63. The lowest BCUT2D eigenvalue weighted by molar-refractivity contribution is -0.129. The molecule has 4 aliphatic rings. The highest BCUT2D eigenvalue weighted by Crippen LogP contribution is 2.62. The third-order valence-corrected chi connectivity index (χ3v) is 7.98. The highest BCUT2D eigenvalue weighted by atomic mass is 16.5. The molecule has 132 valence electrons. The second kappa shape index (κ2) is 6.09. The Morgan fingerprint density at radius 2 is 1.92 bits per heavy atom. The molecule has 4 aliphatic carbocycles. The number of fused-ring (bicyclic) bond motifs is 5. The number of ketones is 2. The van der Waals surface area contributed by atoms with E-state index in [1.54, 1.807) is 7.11 Å². The van der Waals surface area contributed by atoms with Gasteiger partial charge in [0.05, 0.1) is 0 Å². The summed E-state index contributed by atoms with van der Waals surface area (Å²) in [6.45, 7) is 2.71. The fourth-order valence-electron chi connectivity index (χ4n) is 6.86. The lowest BCUT2D eigenvalue weighted by Crippen LogP contribution is -2.47. The number of carbonyl (C=O) groups is 2. The van der Waals surface area contributed by atoms with Gasteiger partial charge in [0.25, 0.3) is 0 Å². The van der Waals surface area contributed by atoms with Crippen LogP contribution in [0.15, 0.2) is 11.6 Å². The van der Waals surface area contributed by atoms with E-state index in [4.69, 9.17) is 4.74 Å². The van der Waals surface area contributed by atoms with Gasteiger partial charge in [0, 0.05) is 19.4 Å². The van der Waals surface area contributed by atoms with E-state index in [-0.39, 0.29) is 17.9 Å². The van der Waals surface area contributed by atoms with Crippen molar-refractivity contribution in [2.75, 3.05) is 13.7 Å². The molecule has 0 aromatic heterocycles. The minimum Gasteiger partial charge on any atom is -0.377 e. The van der Waals surface area contributed by atoms with Gasteiger partial charge < -0.3 is 4.74 Å². The molecule has 3 heteroatoms. The van der Waals surface area contributed by atoms with E-state index in [1.807, 2.05) is 6.08 Å². The molecule has 4 rings (SSSR count). The number of allylic oxidation sites excluding steroid dienone is 1. The van der Waals surface area contributed by atoms with Crippen LogP contribution in [-0.4, -0.2) is 25.3 Å². The molecular weight excluding hydrogens is 300 g/mol. The van der Waals surface area contributed by atoms with Gasteiger partial charge in [0.1, 0.15) is 6.61 Å². The minimum atomic E-state index is 0.244. The molecule has 0 amide bonds. The summed E-state index contributed by atoms with van der Waals surface area (Å²) in [6.07, 6.45) is 10.8. The second-order valence-electron chi connectivity index (χ2n) is 8.85. The Morgan fingerprint density at radius 1 is 1.12 bits per heavy atom. The Kier molecular flexibility index (Phi) is 4.19. The number of rotatable bonds is 3. The highest BCUT2D eigenvalue weighted by molar-refractivity contribution is 5.91. The van der Waals surface area contributed by atoms with Crippen LogP contribution in [0.3, 0.4) is 0 Å². The molecule has 0 aliphatic heterocycles. The van der Waals surface area contributed by atoms with Crippen LogP contribution in [0.5, 0.6) is 0 Å². The van der Waals surface area contributed by atoms with Crippen molar-refractivity contribution in [3.63, 3.8) is 0 Å². The van der Waals surface area contributed by atoms with E-state index in [0.717, 1.165) is 43.4 Å². The van der Waals surface area contributed by atoms with Gasteiger partial charge in [-0.25, -0.2) is 0 Å². The Balaban J connectivity index is 1.56. The van der Waals surface area contributed by atoms with Crippen LogP contribution in [0, 0.1) is 35.0 Å². The van der Waals surface area contributed by atoms with Crippen LogP contribution in [0.1, 0.15) is 58.3 Å². The molecule has 3 nitrogen and oxygen atoms in total. The van der Waals surface area contributed by atoms with Gasteiger partial charge >= 0.3 is 0 Å². The molecule has 0 radical (unpaired) electrons. The second-order valence-corrected chi connectivity index (χ2v) is 8.85. The molecule has 0 N–H and O–H groups in total. The molecule has 0 aromatic rings. The summed E-state index contributed by atoms with van der Waals surface area (Å²) in [5.41, 5.74) is 1.68. The summed E-state index contributed by atoms with van der Waals surface area (Å²) in [6, 6.07) is 0. The predicted octanol–water partition coefficient (Wildman–Crippen LogP) is 3.96. The van der Waals surface area contributed by atoms with E-state index < -0.39 is 0 Å². The molecule has 0 aromatic carbocycles. The Labute approximate surface area is 145 Å². The fourth-order valence-corrected chi connectivity index (χ4v) is 6.86. The first-order valence-corrected chi connectivity index (χ1v) is 9.80. The topological polar surface area (TPSA) is 43.4 Å². The third kappa shape index (κ3) is 2.42. The first-order valence-electron chi connectivity index (χ1n) is 9.80. The van der Waals surface area contributed by atoms with Crippen molar-refractivity contribution >= 4 is 11.6 Å². The van der Waals surface area contributed by atoms with Crippen molar-refractivity contribution in [1.29, 1.82) is 0 Å². The molecule has 24 heavy (non-hydrogen) atoms. The van der Waals surface area contributed by atoms with Gasteiger partial charge in [-0.3, -0.25) is 9.59 Å². The lowest BCUT2D eigenvalue weighted by Gasteiger charge is -2.55. The van der Waals surface area contributed by atoms with E-state index >= 15 is 0 Å². The van der Waals surface area contributed by atoms with Crippen LogP contribution in [0.4, 0.5) is 0 Å². The number of carbonyl (C=O) groups excluding carboxylic acids is 2. The van der Waals surface area contributed by atoms with Crippen molar-refractivity contribution in [2.45, 2.75) is 58.3 Å². The Bertz CT molecular complexity index is 578. The van der Waals surface area contributed by atoms with Crippen molar-refractivity contribution in [2.24, 2.45) is 35.0 Å². The average Bonchev–Trinajstić information content (AvgIpc) is 3.00. The largest absolute Gasteiger partial charge is 0.377 e. The molecule has 3 saturated carbocycles. The number of ether oxygens (including phenoxy) is 1. The van der Waals surface area contributed by atoms with Gasteiger partial charge in [-0.15, -0.1) is 0 Å². The maximum Gasteiger partial charge on any atom is 0.161 e. The molecule has 0 bridgehead atoms.